The van der Waals surface area contributed by atoms with Gasteiger partial charge in [-0.2, -0.15) is 0 Å². The lowest BCUT2D eigenvalue weighted by Gasteiger charge is -2.66. The zero-order valence-corrected chi connectivity index (χ0v) is 14.7. The second kappa shape index (κ2) is 4.18. The average Bonchev–Trinajstić information content (AvgIpc) is 2.65. The number of hydrogen-bond donors (Lipinski definition) is 0. The van der Waals surface area contributed by atoms with E-state index in [9.17, 15) is 0 Å². The Labute approximate surface area is 131 Å². The van der Waals surface area contributed by atoms with Crippen LogP contribution < -0.4 is 0 Å². The molecule has 0 heteroatoms. The van der Waals surface area contributed by atoms with Crippen LogP contribution in [0.15, 0.2) is 12.2 Å². The molecule has 6 atom stereocenters. The van der Waals surface area contributed by atoms with E-state index in [1.165, 1.54) is 51.4 Å². The molecule has 0 aromatic carbocycles. The number of allylic oxidation sites excluding steroid dienone is 1. The highest BCUT2D eigenvalue weighted by Gasteiger charge is 2.65. The van der Waals surface area contributed by atoms with Crippen LogP contribution in [-0.2, 0) is 0 Å². The first-order valence-electron chi connectivity index (χ1n) is 9.47. The topological polar surface area (TPSA) is 0 Å². The maximum Gasteiger partial charge on any atom is -0.0195 e. The molecular formula is C21H34. The maximum atomic E-state index is 4.47. The van der Waals surface area contributed by atoms with Gasteiger partial charge >= 0.3 is 0 Å². The van der Waals surface area contributed by atoms with Crippen molar-refractivity contribution < 1.29 is 0 Å². The third kappa shape index (κ3) is 1.68. The molecule has 21 heavy (non-hydrogen) atoms. The van der Waals surface area contributed by atoms with Crippen LogP contribution in [0, 0.1) is 39.9 Å². The largest absolute Gasteiger partial charge is 0.0996 e. The van der Waals surface area contributed by atoms with Gasteiger partial charge in [-0.25, -0.2) is 0 Å². The Bertz CT molecular complexity index is 472. The number of rotatable bonds is 0. The summed E-state index contributed by atoms with van der Waals surface area (Å²) in [6.07, 6.45) is 11.7. The summed E-state index contributed by atoms with van der Waals surface area (Å²) >= 11 is 0. The predicted octanol–water partition coefficient (Wildman–Crippen LogP) is 6.22. The van der Waals surface area contributed by atoms with E-state index < -0.39 is 0 Å². The average molecular weight is 287 g/mol. The van der Waals surface area contributed by atoms with Crippen LogP contribution in [-0.4, -0.2) is 0 Å². The molecule has 0 heterocycles. The minimum atomic E-state index is 0.565. The van der Waals surface area contributed by atoms with Crippen molar-refractivity contribution >= 4 is 0 Å². The molecule has 4 saturated carbocycles. The Hall–Kier alpha value is -0.260. The molecule has 1 spiro atoms. The summed E-state index contributed by atoms with van der Waals surface area (Å²) in [5.41, 5.74) is 3.43. The van der Waals surface area contributed by atoms with E-state index in [0.717, 1.165) is 23.7 Å². The molecule has 2 unspecified atom stereocenters. The standard InChI is InChI=1S/C21H34/c1-14-12-21-13-16(14)7-8-17(21)20(5)10-6-9-19(3,4)18(20)11-15(21)2/h15-18H,1,6-13H2,2-5H3/t15-,16-,17?,18?,20-,21+/m0/s1. The molecular weight excluding hydrogens is 252 g/mol. The first kappa shape index (κ1) is 14.3. The lowest BCUT2D eigenvalue weighted by molar-refractivity contribution is -0.169. The first-order valence-corrected chi connectivity index (χ1v) is 9.47. The molecule has 0 N–H and O–H groups in total. The minimum Gasteiger partial charge on any atom is -0.0996 e. The van der Waals surface area contributed by atoms with E-state index in [2.05, 4.69) is 34.3 Å². The molecule has 4 aliphatic rings. The van der Waals surface area contributed by atoms with Crippen molar-refractivity contribution in [3.63, 3.8) is 0 Å². The SMILES string of the molecule is C=C1C[C@]23C[C@@H]1CCC2[C@]1(C)CCCC(C)(C)C1C[C@@H]3C. The molecule has 0 saturated heterocycles. The fourth-order valence-corrected chi connectivity index (χ4v) is 7.93. The van der Waals surface area contributed by atoms with Crippen molar-refractivity contribution in [1.82, 2.24) is 0 Å². The first-order chi connectivity index (χ1) is 9.80. The smallest absolute Gasteiger partial charge is 0.0195 e. The highest BCUT2D eigenvalue weighted by Crippen LogP contribution is 2.73. The van der Waals surface area contributed by atoms with Crippen LogP contribution >= 0.6 is 0 Å². The van der Waals surface area contributed by atoms with Crippen molar-refractivity contribution in [1.29, 1.82) is 0 Å². The van der Waals surface area contributed by atoms with E-state index in [4.69, 9.17) is 0 Å². The van der Waals surface area contributed by atoms with Gasteiger partial charge in [0.25, 0.3) is 0 Å². The van der Waals surface area contributed by atoms with Gasteiger partial charge in [0.05, 0.1) is 0 Å². The fraction of sp³-hybridized carbons (Fsp3) is 0.905. The Balaban J connectivity index is 1.79. The molecule has 0 aromatic heterocycles. The monoisotopic (exact) mass is 286 g/mol. The molecule has 0 aliphatic heterocycles. The molecule has 0 aromatic rings. The summed E-state index contributed by atoms with van der Waals surface area (Å²) in [5.74, 6) is 3.73. The zero-order chi connectivity index (χ0) is 15.0. The summed E-state index contributed by atoms with van der Waals surface area (Å²) in [5, 5.41) is 0. The summed E-state index contributed by atoms with van der Waals surface area (Å²) in [6.45, 7) is 14.9. The van der Waals surface area contributed by atoms with Crippen molar-refractivity contribution in [3.05, 3.63) is 12.2 Å². The molecule has 2 bridgehead atoms. The Kier molecular flexibility index (Phi) is 2.85. The van der Waals surface area contributed by atoms with E-state index in [0.29, 0.717) is 16.2 Å². The molecule has 4 fully saturated rings. The van der Waals surface area contributed by atoms with Crippen LogP contribution in [0.2, 0.25) is 0 Å². The van der Waals surface area contributed by atoms with Gasteiger partial charge < -0.3 is 0 Å². The van der Waals surface area contributed by atoms with E-state index >= 15 is 0 Å². The van der Waals surface area contributed by atoms with Crippen LogP contribution in [0.4, 0.5) is 0 Å². The highest BCUT2D eigenvalue weighted by molar-refractivity contribution is 5.23. The maximum absolute atomic E-state index is 4.47. The second-order valence-corrected chi connectivity index (χ2v) is 10.1. The fourth-order valence-electron chi connectivity index (χ4n) is 7.93. The van der Waals surface area contributed by atoms with E-state index in [1.807, 2.05) is 0 Å². The van der Waals surface area contributed by atoms with Gasteiger partial charge in [-0.15, -0.1) is 0 Å². The van der Waals surface area contributed by atoms with Crippen molar-refractivity contribution in [2.24, 2.45) is 39.9 Å². The number of fused-ring (bicyclic) bond motifs is 3. The van der Waals surface area contributed by atoms with Gasteiger partial charge in [-0.05, 0) is 84.9 Å². The molecule has 118 valence electrons. The lowest BCUT2D eigenvalue weighted by Crippen LogP contribution is -2.58. The molecule has 4 rings (SSSR count). The van der Waals surface area contributed by atoms with E-state index in [-0.39, 0.29) is 0 Å². The normalized spacial score (nSPS) is 55.0. The molecule has 0 nitrogen and oxygen atoms in total. The summed E-state index contributed by atoms with van der Waals surface area (Å²) in [4.78, 5) is 0. The van der Waals surface area contributed by atoms with Gasteiger partial charge in [-0.3, -0.25) is 0 Å². The van der Waals surface area contributed by atoms with E-state index in [1.54, 1.807) is 5.57 Å². The number of hydrogen-bond acceptors (Lipinski definition) is 0. The molecule has 0 amide bonds. The highest BCUT2D eigenvalue weighted by atomic mass is 14.7. The van der Waals surface area contributed by atoms with Crippen LogP contribution in [0.25, 0.3) is 0 Å². The summed E-state index contributed by atoms with van der Waals surface area (Å²) in [7, 11) is 0. The van der Waals surface area contributed by atoms with Crippen molar-refractivity contribution in [2.75, 3.05) is 0 Å². The minimum absolute atomic E-state index is 0.565. The Morgan fingerprint density at radius 3 is 2.57 bits per heavy atom. The van der Waals surface area contributed by atoms with Gasteiger partial charge in [-0.1, -0.05) is 46.3 Å². The Morgan fingerprint density at radius 2 is 1.81 bits per heavy atom. The Morgan fingerprint density at radius 1 is 1.05 bits per heavy atom. The lowest BCUT2D eigenvalue weighted by atomic mass is 9.39. The van der Waals surface area contributed by atoms with Gasteiger partial charge in [0.1, 0.15) is 0 Å². The van der Waals surface area contributed by atoms with Crippen molar-refractivity contribution in [2.45, 2.75) is 79.1 Å². The van der Waals surface area contributed by atoms with Gasteiger partial charge in [0.15, 0.2) is 0 Å². The van der Waals surface area contributed by atoms with Gasteiger partial charge in [0, 0.05) is 0 Å². The molecule has 0 radical (unpaired) electrons. The van der Waals surface area contributed by atoms with Gasteiger partial charge in [0.2, 0.25) is 0 Å². The molecule has 4 aliphatic carbocycles. The predicted molar refractivity (Wildman–Crippen MR) is 90.0 cm³/mol. The second-order valence-electron chi connectivity index (χ2n) is 10.1. The summed E-state index contributed by atoms with van der Waals surface area (Å²) < 4.78 is 0. The van der Waals surface area contributed by atoms with Crippen LogP contribution in [0.5, 0.6) is 0 Å². The third-order valence-corrected chi connectivity index (χ3v) is 8.90. The van der Waals surface area contributed by atoms with Crippen molar-refractivity contribution in [3.8, 4) is 0 Å². The zero-order valence-electron chi connectivity index (χ0n) is 14.7. The quantitative estimate of drug-likeness (QED) is 0.464. The van der Waals surface area contributed by atoms with Crippen LogP contribution in [0.1, 0.15) is 79.1 Å². The summed E-state index contributed by atoms with van der Waals surface area (Å²) in [6, 6.07) is 0. The van der Waals surface area contributed by atoms with Crippen LogP contribution in [0.3, 0.4) is 0 Å². The third-order valence-electron chi connectivity index (χ3n) is 8.90.